The Balaban J connectivity index is 2.54. The quantitative estimate of drug-likeness (QED) is 0.630. The van der Waals surface area contributed by atoms with Crippen molar-refractivity contribution in [1.82, 2.24) is 0 Å². The minimum atomic E-state index is -1.38. The van der Waals surface area contributed by atoms with Gasteiger partial charge in [0.2, 0.25) is 0 Å². The fourth-order valence-corrected chi connectivity index (χ4v) is 4.62. The van der Waals surface area contributed by atoms with Crippen LogP contribution in [0.1, 0.15) is 53.4 Å². The lowest BCUT2D eigenvalue weighted by atomic mass is 9.69. The Hall–Kier alpha value is 0.177. The molecule has 2 heteroatoms. The summed E-state index contributed by atoms with van der Waals surface area (Å²) >= 11 is 0. The molecule has 1 nitrogen and oxygen atoms in total. The van der Waals surface area contributed by atoms with Crippen molar-refractivity contribution >= 4 is 8.32 Å². The van der Waals surface area contributed by atoms with Gasteiger partial charge < -0.3 is 4.43 Å². The van der Waals surface area contributed by atoms with Crippen molar-refractivity contribution in [3.05, 3.63) is 0 Å². The van der Waals surface area contributed by atoms with Crippen molar-refractivity contribution < 1.29 is 4.43 Å². The summed E-state index contributed by atoms with van der Waals surface area (Å²) in [7, 11) is -1.38. The molecule has 0 aromatic heterocycles. The highest BCUT2D eigenvalue weighted by atomic mass is 28.4. The lowest BCUT2D eigenvalue weighted by Crippen LogP contribution is -2.44. The van der Waals surface area contributed by atoms with E-state index in [1.807, 2.05) is 0 Å². The van der Waals surface area contributed by atoms with Crippen LogP contribution in [0.3, 0.4) is 0 Å². The van der Waals surface area contributed by atoms with Gasteiger partial charge in [-0.1, -0.05) is 20.8 Å². The number of rotatable bonds is 2. The Kier molecular flexibility index (Phi) is 3.96. The third kappa shape index (κ3) is 4.21. The standard InChI is InChI=1S/C14H30OSi/c1-13(2,3)12-8-10-14(4,11-9-12)15-16(5,6)7/h12H,8-11H2,1-7H3. The molecule has 1 saturated carbocycles. The largest absolute Gasteiger partial charge is 0.412 e. The van der Waals surface area contributed by atoms with Crippen LogP contribution < -0.4 is 0 Å². The molecule has 0 atom stereocenters. The van der Waals surface area contributed by atoms with Crippen LogP contribution in [0.4, 0.5) is 0 Å². The summed E-state index contributed by atoms with van der Waals surface area (Å²) in [5, 5.41) is 0. The van der Waals surface area contributed by atoms with E-state index in [2.05, 4.69) is 47.3 Å². The monoisotopic (exact) mass is 242 g/mol. The summed E-state index contributed by atoms with van der Waals surface area (Å²) in [6.45, 7) is 16.3. The topological polar surface area (TPSA) is 9.23 Å². The molecule has 0 spiro atoms. The highest BCUT2D eigenvalue weighted by molar-refractivity contribution is 6.69. The van der Waals surface area contributed by atoms with Crippen molar-refractivity contribution in [2.24, 2.45) is 11.3 Å². The molecule has 0 aliphatic heterocycles. The van der Waals surface area contributed by atoms with Gasteiger partial charge in [-0.3, -0.25) is 0 Å². The Bertz CT molecular complexity index is 226. The maximum atomic E-state index is 6.37. The highest BCUT2D eigenvalue weighted by Crippen LogP contribution is 2.43. The van der Waals surface area contributed by atoms with Gasteiger partial charge in [0.25, 0.3) is 0 Å². The summed E-state index contributed by atoms with van der Waals surface area (Å²) in [6.07, 6.45) is 5.17. The predicted molar refractivity (Wildman–Crippen MR) is 74.2 cm³/mol. The molecular formula is C14H30OSi. The zero-order chi connectivity index (χ0) is 12.6. The minimum absolute atomic E-state index is 0.173. The predicted octanol–water partition coefficient (Wildman–Crippen LogP) is 4.83. The Morgan fingerprint density at radius 1 is 1.06 bits per heavy atom. The second kappa shape index (κ2) is 4.45. The van der Waals surface area contributed by atoms with Crippen molar-refractivity contribution in [2.45, 2.75) is 78.6 Å². The van der Waals surface area contributed by atoms with E-state index in [0.29, 0.717) is 5.41 Å². The molecule has 16 heavy (non-hydrogen) atoms. The molecule has 0 bridgehead atoms. The van der Waals surface area contributed by atoms with Crippen LogP contribution in [0, 0.1) is 11.3 Å². The maximum absolute atomic E-state index is 6.37. The number of hydrogen-bond acceptors (Lipinski definition) is 1. The number of hydrogen-bond donors (Lipinski definition) is 0. The minimum Gasteiger partial charge on any atom is -0.412 e. The van der Waals surface area contributed by atoms with Gasteiger partial charge in [-0.15, -0.1) is 0 Å². The highest BCUT2D eigenvalue weighted by Gasteiger charge is 2.38. The molecule has 0 amide bonds. The molecule has 1 aliphatic carbocycles. The second-order valence-electron chi connectivity index (χ2n) is 7.80. The molecular weight excluding hydrogens is 212 g/mol. The lowest BCUT2D eigenvalue weighted by Gasteiger charge is -2.44. The molecule has 0 saturated heterocycles. The zero-order valence-corrected chi connectivity index (χ0v) is 13.3. The van der Waals surface area contributed by atoms with Crippen molar-refractivity contribution in [1.29, 1.82) is 0 Å². The molecule has 1 rings (SSSR count). The normalized spacial score (nSPS) is 32.8. The summed E-state index contributed by atoms with van der Waals surface area (Å²) < 4.78 is 6.37. The average Bonchev–Trinajstić information content (AvgIpc) is 1.98. The molecule has 1 fully saturated rings. The smallest absolute Gasteiger partial charge is 0.184 e. The summed E-state index contributed by atoms with van der Waals surface area (Å²) in [5.41, 5.74) is 0.646. The summed E-state index contributed by atoms with van der Waals surface area (Å²) in [5.74, 6) is 0.880. The van der Waals surface area contributed by atoms with Gasteiger partial charge in [-0.25, -0.2) is 0 Å². The third-order valence-corrected chi connectivity index (χ3v) is 4.93. The summed E-state index contributed by atoms with van der Waals surface area (Å²) in [4.78, 5) is 0. The van der Waals surface area contributed by atoms with Crippen LogP contribution in [0.5, 0.6) is 0 Å². The van der Waals surface area contributed by atoms with Gasteiger partial charge >= 0.3 is 0 Å². The van der Waals surface area contributed by atoms with E-state index in [0.717, 1.165) is 5.92 Å². The van der Waals surface area contributed by atoms with Crippen LogP contribution in [0.2, 0.25) is 19.6 Å². The third-order valence-electron chi connectivity index (χ3n) is 3.82. The van der Waals surface area contributed by atoms with E-state index in [4.69, 9.17) is 4.43 Å². The zero-order valence-electron chi connectivity index (χ0n) is 12.3. The van der Waals surface area contributed by atoms with Gasteiger partial charge in [0, 0.05) is 0 Å². The first-order valence-corrected chi connectivity index (χ1v) is 10.1. The Labute approximate surface area is 103 Å². The van der Waals surface area contributed by atoms with Crippen molar-refractivity contribution in [2.75, 3.05) is 0 Å². The molecule has 96 valence electrons. The van der Waals surface area contributed by atoms with Gasteiger partial charge in [0.1, 0.15) is 0 Å². The molecule has 0 unspecified atom stereocenters. The van der Waals surface area contributed by atoms with E-state index in [1.54, 1.807) is 0 Å². The van der Waals surface area contributed by atoms with Gasteiger partial charge in [-0.2, -0.15) is 0 Å². The van der Waals surface area contributed by atoms with E-state index in [1.165, 1.54) is 25.7 Å². The van der Waals surface area contributed by atoms with Gasteiger partial charge in [0.05, 0.1) is 5.60 Å². The van der Waals surface area contributed by atoms with E-state index in [-0.39, 0.29) is 5.60 Å². The van der Waals surface area contributed by atoms with Crippen LogP contribution in [0.25, 0.3) is 0 Å². The lowest BCUT2D eigenvalue weighted by molar-refractivity contribution is 0.00534. The van der Waals surface area contributed by atoms with E-state index < -0.39 is 8.32 Å². The first kappa shape index (κ1) is 14.2. The van der Waals surface area contributed by atoms with Crippen LogP contribution in [0.15, 0.2) is 0 Å². The van der Waals surface area contributed by atoms with Gasteiger partial charge in [0.15, 0.2) is 8.32 Å². The average molecular weight is 242 g/mol. The molecule has 0 N–H and O–H groups in total. The maximum Gasteiger partial charge on any atom is 0.184 e. The molecule has 0 heterocycles. The van der Waals surface area contributed by atoms with Crippen LogP contribution >= 0.6 is 0 Å². The summed E-state index contributed by atoms with van der Waals surface area (Å²) in [6, 6.07) is 0. The van der Waals surface area contributed by atoms with Crippen LogP contribution in [-0.2, 0) is 4.43 Å². The molecule has 1 aliphatic rings. The molecule has 0 aromatic carbocycles. The first-order valence-electron chi connectivity index (χ1n) is 6.72. The Morgan fingerprint density at radius 2 is 1.50 bits per heavy atom. The van der Waals surface area contributed by atoms with E-state index in [9.17, 15) is 0 Å². The fraction of sp³-hybridized carbons (Fsp3) is 1.00. The fourth-order valence-electron chi connectivity index (χ4n) is 2.94. The molecule has 0 radical (unpaired) electrons. The van der Waals surface area contributed by atoms with Gasteiger partial charge in [-0.05, 0) is 63.6 Å². The van der Waals surface area contributed by atoms with Crippen molar-refractivity contribution in [3.8, 4) is 0 Å². The Morgan fingerprint density at radius 3 is 1.81 bits per heavy atom. The molecule has 0 aromatic rings. The van der Waals surface area contributed by atoms with E-state index >= 15 is 0 Å². The first-order chi connectivity index (χ1) is 7.02. The second-order valence-corrected chi connectivity index (χ2v) is 12.2. The van der Waals surface area contributed by atoms with Crippen LogP contribution in [-0.4, -0.2) is 13.9 Å². The van der Waals surface area contributed by atoms with Crippen molar-refractivity contribution in [3.63, 3.8) is 0 Å². The SMILES string of the molecule is CC1(O[Si](C)(C)C)CCC(C(C)(C)C)CC1.